The normalized spacial score (nSPS) is 14.2. The van der Waals surface area contributed by atoms with Gasteiger partial charge < -0.3 is 14.5 Å². The van der Waals surface area contributed by atoms with E-state index >= 15 is 0 Å². The van der Waals surface area contributed by atoms with E-state index in [9.17, 15) is 9.59 Å². The van der Waals surface area contributed by atoms with Crippen molar-refractivity contribution in [1.82, 2.24) is 9.80 Å². The van der Waals surface area contributed by atoms with Crippen LogP contribution in [0.2, 0.25) is 0 Å². The van der Waals surface area contributed by atoms with Crippen LogP contribution in [0.25, 0.3) is 0 Å². The molecule has 6 heteroatoms. The van der Waals surface area contributed by atoms with E-state index < -0.39 is 0 Å². The van der Waals surface area contributed by atoms with Crippen molar-refractivity contribution in [2.75, 3.05) is 26.3 Å². The number of amides is 2. The monoisotopic (exact) mass is 470 g/mol. The predicted molar refractivity (Wildman–Crippen MR) is 134 cm³/mol. The summed E-state index contributed by atoms with van der Waals surface area (Å²) < 4.78 is 5.49. The van der Waals surface area contributed by atoms with Gasteiger partial charge in [0.05, 0.1) is 13.1 Å². The molecule has 0 radical (unpaired) electrons. The minimum Gasteiger partial charge on any atom is -0.382 e. The highest BCUT2D eigenvalue weighted by molar-refractivity contribution is 7.10. The number of carbonyl (C=O) groups is 2. The number of hydrogen-bond acceptors (Lipinski definition) is 4. The van der Waals surface area contributed by atoms with Crippen LogP contribution < -0.4 is 0 Å². The van der Waals surface area contributed by atoms with Gasteiger partial charge in [0.15, 0.2) is 0 Å². The summed E-state index contributed by atoms with van der Waals surface area (Å²) in [5, 5.41) is 2.07. The van der Waals surface area contributed by atoms with Gasteiger partial charge in [0.2, 0.25) is 11.8 Å². The lowest BCUT2D eigenvalue weighted by molar-refractivity contribution is -0.144. The Labute approximate surface area is 202 Å². The minimum atomic E-state index is 0.00669. The number of ether oxygens (including phenoxy) is 1. The number of benzene rings is 1. The third kappa shape index (κ3) is 7.97. The molecular formula is C27H38N2O3S. The van der Waals surface area contributed by atoms with E-state index in [4.69, 9.17) is 4.74 Å². The summed E-state index contributed by atoms with van der Waals surface area (Å²) in [5.41, 5.74) is 2.30. The number of aryl methyl sites for hydroxylation is 1. The first-order valence-corrected chi connectivity index (χ1v) is 13.2. The first-order valence-electron chi connectivity index (χ1n) is 12.3. The van der Waals surface area contributed by atoms with Crippen molar-refractivity contribution < 1.29 is 14.3 Å². The second-order valence-corrected chi connectivity index (χ2v) is 9.91. The van der Waals surface area contributed by atoms with E-state index in [2.05, 4.69) is 30.5 Å². The summed E-state index contributed by atoms with van der Waals surface area (Å²) in [7, 11) is 0. The Hall–Kier alpha value is -2.18. The topological polar surface area (TPSA) is 49.9 Å². The molecule has 0 N–H and O–H groups in total. The molecule has 1 heterocycles. The van der Waals surface area contributed by atoms with E-state index in [1.807, 2.05) is 30.0 Å². The van der Waals surface area contributed by atoms with Gasteiger partial charge >= 0.3 is 0 Å². The average Bonchev–Trinajstić information content (AvgIpc) is 3.25. The highest BCUT2D eigenvalue weighted by Crippen LogP contribution is 2.26. The van der Waals surface area contributed by atoms with E-state index in [0.29, 0.717) is 32.8 Å². The molecule has 0 unspecified atom stereocenters. The maximum Gasteiger partial charge on any atom is 0.242 e. The average molecular weight is 471 g/mol. The van der Waals surface area contributed by atoms with Crippen molar-refractivity contribution in [3.8, 4) is 0 Å². The molecule has 2 aromatic rings. The molecule has 0 aliphatic heterocycles. The smallest absolute Gasteiger partial charge is 0.242 e. The van der Waals surface area contributed by atoms with E-state index in [0.717, 1.165) is 37.7 Å². The molecule has 0 spiro atoms. The van der Waals surface area contributed by atoms with Crippen LogP contribution in [0.5, 0.6) is 0 Å². The van der Waals surface area contributed by atoms with Gasteiger partial charge in [0, 0.05) is 37.1 Å². The molecule has 1 aromatic carbocycles. The Morgan fingerprint density at radius 1 is 1.03 bits per heavy atom. The Morgan fingerprint density at radius 2 is 1.79 bits per heavy atom. The summed E-state index contributed by atoms with van der Waals surface area (Å²) in [6.45, 7) is 7.16. The molecule has 1 saturated carbocycles. The second kappa shape index (κ2) is 13.5. The summed E-state index contributed by atoms with van der Waals surface area (Å²) in [4.78, 5) is 31.8. The molecule has 3 rings (SSSR count). The standard InChI is InChI=1S/C27H38N2O3S/c1-3-32-17-10-16-28(27(31)24-13-8-5-9-14-24)21-26(30)29(19-23-11-6-4-7-12-23)20-25-22(2)15-18-33-25/h4,6-7,11-12,15,18,24H,3,5,8-10,13-14,16-17,19-21H2,1-2H3. The van der Waals surface area contributed by atoms with Gasteiger partial charge in [0.25, 0.3) is 0 Å². The Morgan fingerprint density at radius 3 is 2.45 bits per heavy atom. The van der Waals surface area contributed by atoms with Crippen LogP contribution in [-0.4, -0.2) is 47.9 Å². The molecular weight excluding hydrogens is 432 g/mol. The van der Waals surface area contributed by atoms with E-state index in [-0.39, 0.29) is 24.3 Å². The lowest BCUT2D eigenvalue weighted by Crippen LogP contribution is -2.45. The highest BCUT2D eigenvalue weighted by atomic mass is 32.1. The summed E-state index contributed by atoms with van der Waals surface area (Å²) in [6.07, 6.45) is 6.05. The molecule has 0 saturated heterocycles. The van der Waals surface area contributed by atoms with Crippen LogP contribution in [0.4, 0.5) is 0 Å². The van der Waals surface area contributed by atoms with Crippen molar-refractivity contribution in [1.29, 1.82) is 0 Å². The number of carbonyl (C=O) groups excluding carboxylic acids is 2. The van der Waals surface area contributed by atoms with Gasteiger partial charge in [-0.15, -0.1) is 11.3 Å². The quantitative estimate of drug-likeness (QED) is 0.389. The lowest BCUT2D eigenvalue weighted by Gasteiger charge is -2.31. The number of hydrogen-bond donors (Lipinski definition) is 0. The minimum absolute atomic E-state index is 0.00669. The zero-order valence-corrected chi connectivity index (χ0v) is 20.9. The highest BCUT2D eigenvalue weighted by Gasteiger charge is 2.28. The molecule has 180 valence electrons. The van der Waals surface area contributed by atoms with Crippen molar-refractivity contribution in [2.45, 2.75) is 65.5 Å². The van der Waals surface area contributed by atoms with Gasteiger partial charge in [-0.25, -0.2) is 0 Å². The van der Waals surface area contributed by atoms with Crippen LogP contribution in [0, 0.1) is 12.8 Å². The zero-order chi connectivity index (χ0) is 23.5. The van der Waals surface area contributed by atoms with Crippen LogP contribution in [-0.2, 0) is 27.4 Å². The fraction of sp³-hybridized carbons (Fsp3) is 0.556. The van der Waals surface area contributed by atoms with Crippen molar-refractivity contribution in [3.63, 3.8) is 0 Å². The van der Waals surface area contributed by atoms with Crippen LogP contribution in [0.1, 0.15) is 61.5 Å². The molecule has 1 aliphatic carbocycles. The van der Waals surface area contributed by atoms with Gasteiger partial charge in [-0.2, -0.15) is 0 Å². The third-order valence-electron chi connectivity index (χ3n) is 6.38. The molecule has 0 bridgehead atoms. The van der Waals surface area contributed by atoms with Gasteiger partial charge in [-0.05, 0) is 55.7 Å². The van der Waals surface area contributed by atoms with E-state index in [1.165, 1.54) is 16.9 Å². The Kier molecular flexibility index (Phi) is 10.4. The third-order valence-corrected chi connectivity index (χ3v) is 7.39. The number of thiophene rings is 1. The molecule has 5 nitrogen and oxygen atoms in total. The largest absolute Gasteiger partial charge is 0.382 e. The van der Waals surface area contributed by atoms with E-state index in [1.54, 1.807) is 16.2 Å². The van der Waals surface area contributed by atoms with Crippen molar-refractivity contribution >= 4 is 23.2 Å². The van der Waals surface area contributed by atoms with Crippen LogP contribution in [0.3, 0.4) is 0 Å². The van der Waals surface area contributed by atoms with Crippen molar-refractivity contribution in [2.24, 2.45) is 5.92 Å². The molecule has 1 aliphatic rings. The molecule has 33 heavy (non-hydrogen) atoms. The molecule has 1 aromatic heterocycles. The first kappa shape index (κ1) is 25.4. The Bertz CT molecular complexity index is 861. The first-order chi connectivity index (χ1) is 16.1. The lowest BCUT2D eigenvalue weighted by atomic mass is 9.88. The van der Waals surface area contributed by atoms with Gasteiger partial charge in [-0.1, -0.05) is 49.6 Å². The second-order valence-electron chi connectivity index (χ2n) is 8.91. The van der Waals surface area contributed by atoms with Gasteiger partial charge in [0.1, 0.15) is 0 Å². The molecule has 2 amide bonds. The number of rotatable bonds is 12. The van der Waals surface area contributed by atoms with Crippen LogP contribution >= 0.6 is 11.3 Å². The predicted octanol–water partition coefficient (Wildman–Crippen LogP) is 5.42. The maximum absolute atomic E-state index is 13.6. The Balaban J connectivity index is 1.73. The number of nitrogens with zero attached hydrogens (tertiary/aromatic N) is 2. The van der Waals surface area contributed by atoms with Crippen LogP contribution in [0.15, 0.2) is 41.8 Å². The summed E-state index contributed by atoms with van der Waals surface area (Å²) in [5.74, 6) is 0.208. The van der Waals surface area contributed by atoms with Crippen molar-refractivity contribution in [3.05, 3.63) is 57.8 Å². The molecule has 1 fully saturated rings. The molecule has 0 atom stereocenters. The summed E-state index contributed by atoms with van der Waals surface area (Å²) >= 11 is 1.68. The SMILES string of the molecule is CCOCCCN(CC(=O)N(Cc1ccccc1)Cc1sccc1C)C(=O)C1CCCCC1. The maximum atomic E-state index is 13.6. The fourth-order valence-electron chi connectivity index (χ4n) is 4.42. The zero-order valence-electron chi connectivity index (χ0n) is 20.1. The fourth-order valence-corrected chi connectivity index (χ4v) is 5.34. The van der Waals surface area contributed by atoms with Gasteiger partial charge in [-0.3, -0.25) is 9.59 Å². The summed E-state index contributed by atoms with van der Waals surface area (Å²) in [6, 6.07) is 12.2.